The third-order valence-corrected chi connectivity index (χ3v) is 0. The monoisotopic (exact) mass is 389 g/mol. The van der Waals surface area contributed by atoms with Crippen LogP contribution in [0.3, 0.4) is 0 Å². The van der Waals surface area contributed by atoms with Crippen LogP contribution in [0.2, 0.25) is 0 Å². The van der Waals surface area contributed by atoms with Gasteiger partial charge in [-0.3, -0.25) is 0 Å². The SMILES string of the molecule is [Cr].[Mo].[Ni].[Ta]. The topological polar surface area (TPSA) is 0 Å². The van der Waals surface area contributed by atoms with Crippen LogP contribution in [0.4, 0.5) is 0 Å². The summed E-state index contributed by atoms with van der Waals surface area (Å²) in [5, 5.41) is 0. The molecule has 0 saturated heterocycles. The maximum absolute atomic E-state index is 0. The molecule has 0 aromatic rings. The van der Waals surface area contributed by atoms with E-state index in [2.05, 4.69) is 0 Å². The molecule has 0 rings (SSSR count). The summed E-state index contributed by atoms with van der Waals surface area (Å²) < 4.78 is 0. The Hall–Kier alpha value is 2.45. The Labute approximate surface area is 76.3 Å². The molecule has 0 fully saturated rings. The van der Waals surface area contributed by atoms with Crippen molar-refractivity contribution in [1.29, 1.82) is 0 Å². The molecule has 0 saturated carbocycles. The standard InChI is InChI=1S/Cr.Mo.Ni.Ta. The summed E-state index contributed by atoms with van der Waals surface area (Å²) in [5.41, 5.74) is 0. The fraction of sp³-hybridized carbons (Fsp3) is 0. The quantitative estimate of drug-likeness (QED) is 0.513. The van der Waals surface area contributed by atoms with Crippen molar-refractivity contribution in [1.82, 2.24) is 0 Å². The molecule has 4 heteroatoms. The van der Waals surface area contributed by atoms with Crippen molar-refractivity contribution in [2.75, 3.05) is 0 Å². The van der Waals surface area contributed by atoms with Crippen LogP contribution in [-0.2, 0) is 77.3 Å². The maximum atomic E-state index is 0. The Morgan fingerprint density at radius 2 is 1.00 bits per heavy atom. The molecule has 0 aromatic carbocycles. The van der Waals surface area contributed by atoms with Crippen LogP contribution in [-0.4, -0.2) is 0 Å². The van der Waals surface area contributed by atoms with Gasteiger partial charge in [-0.25, -0.2) is 0 Å². The molecule has 4 heavy (non-hydrogen) atoms. The minimum absolute atomic E-state index is 0. The summed E-state index contributed by atoms with van der Waals surface area (Å²) in [6, 6.07) is 0. The molecule has 0 aliphatic heterocycles. The molecule has 27 valence electrons. The summed E-state index contributed by atoms with van der Waals surface area (Å²) >= 11 is 0. The second-order valence-corrected chi connectivity index (χ2v) is 0. The van der Waals surface area contributed by atoms with Crippen molar-refractivity contribution in [3.05, 3.63) is 0 Å². The number of hydrogen-bond acceptors (Lipinski definition) is 0. The van der Waals surface area contributed by atoms with Gasteiger partial charge in [0, 0.05) is 77.3 Å². The van der Waals surface area contributed by atoms with Gasteiger partial charge in [-0.15, -0.1) is 0 Å². The fourth-order valence-corrected chi connectivity index (χ4v) is 0. The zero-order chi connectivity index (χ0) is 0. The van der Waals surface area contributed by atoms with Crippen LogP contribution in [0, 0.1) is 0 Å². The molecule has 1 radical (unpaired) electrons. The third kappa shape index (κ3) is 8.82. The van der Waals surface area contributed by atoms with E-state index in [1.807, 2.05) is 0 Å². The van der Waals surface area contributed by atoms with E-state index in [9.17, 15) is 0 Å². The average molecular weight is 388 g/mol. The van der Waals surface area contributed by atoms with Gasteiger partial charge in [0.15, 0.2) is 0 Å². The Morgan fingerprint density at radius 1 is 1.00 bits per heavy atom. The van der Waals surface area contributed by atoms with Crippen molar-refractivity contribution in [3.8, 4) is 0 Å². The van der Waals surface area contributed by atoms with Gasteiger partial charge >= 0.3 is 0 Å². The van der Waals surface area contributed by atoms with Crippen molar-refractivity contribution < 1.29 is 77.3 Å². The molecule has 0 aliphatic rings. The van der Waals surface area contributed by atoms with E-state index in [0.29, 0.717) is 0 Å². The average Bonchev–Trinajstić information content (AvgIpc) is 0. The molecular formula is CrMoNiTa. The zero-order valence-electron chi connectivity index (χ0n) is 1.58. The van der Waals surface area contributed by atoms with Crippen LogP contribution in [0.15, 0.2) is 0 Å². The molecule has 0 heterocycles. The van der Waals surface area contributed by atoms with E-state index in [1.165, 1.54) is 0 Å². The van der Waals surface area contributed by atoms with Crippen molar-refractivity contribution in [2.24, 2.45) is 0 Å². The predicted octanol–water partition coefficient (Wildman–Crippen LogP) is -0.0100. The van der Waals surface area contributed by atoms with Gasteiger partial charge in [-0.2, -0.15) is 0 Å². The smallest absolute Gasteiger partial charge is 0 e. The molecule has 0 nitrogen and oxygen atoms in total. The zero-order valence-corrected chi connectivity index (χ0v) is 9.06. The van der Waals surface area contributed by atoms with Crippen LogP contribution in [0.1, 0.15) is 0 Å². The molecule has 0 bridgehead atoms. The van der Waals surface area contributed by atoms with Gasteiger partial charge in [0.2, 0.25) is 0 Å². The Bertz CT molecular complexity index is 8.00. The Morgan fingerprint density at radius 3 is 1.00 bits per heavy atom. The molecule has 0 aromatic heterocycles. The second kappa shape index (κ2) is 18.0. The molecule has 0 amide bonds. The molecule has 0 aliphatic carbocycles. The first-order chi connectivity index (χ1) is 0. The van der Waals surface area contributed by atoms with Gasteiger partial charge in [0.05, 0.1) is 0 Å². The molecule has 0 spiro atoms. The number of rotatable bonds is 0. The minimum atomic E-state index is 0. The van der Waals surface area contributed by atoms with Gasteiger partial charge in [0.1, 0.15) is 0 Å². The van der Waals surface area contributed by atoms with Crippen LogP contribution in [0.5, 0.6) is 0 Å². The third-order valence-electron chi connectivity index (χ3n) is 0. The van der Waals surface area contributed by atoms with Gasteiger partial charge < -0.3 is 0 Å². The first-order valence-electron chi connectivity index (χ1n) is 0. The van der Waals surface area contributed by atoms with Gasteiger partial charge in [0.25, 0.3) is 0 Å². The summed E-state index contributed by atoms with van der Waals surface area (Å²) in [5.74, 6) is 0. The van der Waals surface area contributed by atoms with Crippen LogP contribution in [0.25, 0.3) is 0 Å². The summed E-state index contributed by atoms with van der Waals surface area (Å²) in [7, 11) is 0. The molecule has 0 unspecified atom stereocenters. The van der Waals surface area contributed by atoms with E-state index in [1.54, 1.807) is 0 Å². The van der Waals surface area contributed by atoms with Crippen molar-refractivity contribution in [2.45, 2.75) is 0 Å². The normalized spacial score (nSPS) is 0. The largest absolute Gasteiger partial charge is 0 e. The Balaban J connectivity index is 0. The first kappa shape index (κ1) is 31.9. The van der Waals surface area contributed by atoms with E-state index >= 15 is 0 Å². The van der Waals surface area contributed by atoms with E-state index < -0.39 is 0 Å². The predicted molar refractivity (Wildman–Crippen MR) is 0 cm³/mol. The summed E-state index contributed by atoms with van der Waals surface area (Å²) in [4.78, 5) is 0. The van der Waals surface area contributed by atoms with Crippen molar-refractivity contribution >= 4 is 0 Å². The van der Waals surface area contributed by atoms with Gasteiger partial charge in [-0.1, -0.05) is 0 Å². The van der Waals surface area contributed by atoms with E-state index in [4.69, 9.17) is 0 Å². The maximum Gasteiger partial charge on any atom is 0 e. The first-order valence-corrected chi connectivity index (χ1v) is 0. The second-order valence-electron chi connectivity index (χ2n) is 0. The molecule has 0 N–H and O–H groups in total. The molecular weight excluding hydrogens is 388 g/mol. The summed E-state index contributed by atoms with van der Waals surface area (Å²) in [6.45, 7) is 0. The van der Waals surface area contributed by atoms with Gasteiger partial charge in [-0.05, 0) is 0 Å². The van der Waals surface area contributed by atoms with Crippen LogP contribution >= 0.6 is 0 Å². The molecule has 0 atom stereocenters. The van der Waals surface area contributed by atoms with Crippen molar-refractivity contribution in [3.63, 3.8) is 0 Å². The van der Waals surface area contributed by atoms with E-state index in [0.717, 1.165) is 0 Å². The van der Waals surface area contributed by atoms with Crippen LogP contribution < -0.4 is 0 Å². The number of hydrogen-bond donors (Lipinski definition) is 0. The van der Waals surface area contributed by atoms with E-state index in [-0.39, 0.29) is 77.3 Å². The fourth-order valence-electron chi connectivity index (χ4n) is 0. The minimum Gasteiger partial charge on any atom is 0 e. The Kier molecular flexibility index (Phi) is 143. The summed E-state index contributed by atoms with van der Waals surface area (Å²) in [6.07, 6.45) is 0.